The highest BCUT2D eigenvalue weighted by molar-refractivity contribution is 6.30. The summed E-state index contributed by atoms with van der Waals surface area (Å²) in [5.41, 5.74) is 7.53. The van der Waals surface area contributed by atoms with Crippen LogP contribution in [0, 0.1) is 0 Å². The van der Waals surface area contributed by atoms with Gasteiger partial charge in [0, 0.05) is 24.4 Å². The number of halogens is 1. The number of methoxy groups -OCH3 is 1. The maximum atomic E-state index is 5.97. The fraction of sp³-hybridized carbons (Fsp3) is 0.214. The smallest absolute Gasteiger partial charge is 0.131 e. The first kappa shape index (κ1) is 13.6. The summed E-state index contributed by atoms with van der Waals surface area (Å²) in [6.45, 7) is 0.999. The number of nitrogen functional groups attached to an aromatic ring is 1. The van der Waals surface area contributed by atoms with E-state index in [1.54, 1.807) is 13.2 Å². The van der Waals surface area contributed by atoms with E-state index < -0.39 is 0 Å². The fourth-order valence-electron chi connectivity index (χ4n) is 1.72. The number of pyridine rings is 1. The largest absolute Gasteiger partial charge is 0.491 e. The van der Waals surface area contributed by atoms with Gasteiger partial charge < -0.3 is 15.2 Å². The highest BCUT2D eigenvalue weighted by atomic mass is 35.5. The van der Waals surface area contributed by atoms with E-state index in [9.17, 15) is 0 Å². The Hall–Kier alpha value is -1.78. The second kappa shape index (κ2) is 6.41. The molecule has 0 saturated heterocycles. The molecule has 0 aliphatic carbocycles. The van der Waals surface area contributed by atoms with E-state index in [-0.39, 0.29) is 0 Å². The van der Waals surface area contributed by atoms with E-state index >= 15 is 0 Å². The SMILES string of the molecule is COCCOc1ccccc1-c1cc(Cl)cnc1N. The standard InChI is InChI=1S/C14H15ClN2O2/c1-18-6-7-19-13-5-3-2-4-11(13)12-8-10(15)9-17-14(12)16/h2-5,8-9H,6-7H2,1H3,(H2,16,17). The second-order valence-electron chi connectivity index (χ2n) is 3.92. The molecule has 0 aliphatic heterocycles. The van der Waals surface area contributed by atoms with Gasteiger partial charge in [-0.2, -0.15) is 0 Å². The lowest BCUT2D eigenvalue weighted by atomic mass is 10.1. The van der Waals surface area contributed by atoms with E-state index in [4.69, 9.17) is 26.8 Å². The van der Waals surface area contributed by atoms with Gasteiger partial charge in [-0.3, -0.25) is 0 Å². The molecule has 2 rings (SSSR count). The highest BCUT2D eigenvalue weighted by Gasteiger charge is 2.10. The Bertz CT molecular complexity index is 561. The minimum absolute atomic E-state index is 0.423. The predicted molar refractivity (Wildman–Crippen MR) is 76.5 cm³/mol. The number of hydrogen-bond donors (Lipinski definition) is 1. The van der Waals surface area contributed by atoms with Gasteiger partial charge in [-0.05, 0) is 12.1 Å². The number of aromatic nitrogens is 1. The first-order valence-corrected chi connectivity index (χ1v) is 6.22. The van der Waals surface area contributed by atoms with Crippen LogP contribution >= 0.6 is 11.6 Å². The van der Waals surface area contributed by atoms with Gasteiger partial charge in [0.15, 0.2) is 0 Å². The number of ether oxygens (including phenoxy) is 2. The van der Waals surface area contributed by atoms with Crippen LogP contribution in [0.3, 0.4) is 0 Å². The predicted octanol–water partition coefficient (Wildman–Crippen LogP) is 3.01. The molecule has 100 valence electrons. The molecule has 1 heterocycles. The number of rotatable bonds is 5. The molecule has 4 nitrogen and oxygen atoms in total. The molecule has 0 amide bonds. The first-order chi connectivity index (χ1) is 9.22. The molecule has 0 unspecified atom stereocenters. The minimum Gasteiger partial charge on any atom is -0.491 e. The van der Waals surface area contributed by atoms with Crippen molar-refractivity contribution >= 4 is 17.4 Å². The number of anilines is 1. The lowest BCUT2D eigenvalue weighted by molar-refractivity contribution is 0.146. The number of para-hydroxylation sites is 1. The first-order valence-electron chi connectivity index (χ1n) is 5.84. The van der Waals surface area contributed by atoms with Crippen molar-refractivity contribution in [2.45, 2.75) is 0 Å². The molecule has 0 spiro atoms. The Labute approximate surface area is 117 Å². The molecule has 0 radical (unpaired) electrons. The van der Waals surface area contributed by atoms with Gasteiger partial charge in [-0.1, -0.05) is 29.8 Å². The van der Waals surface area contributed by atoms with Crippen molar-refractivity contribution in [3.8, 4) is 16.9 Å². The van der Waals surface area contributed by atoms with E-state index in [0.717, 1.165) is 16.9 Å². The molecular weight excluding hydrogens is 264 g/mol. The van der Waals surface area contributed by atoms with Crippen LogP contribution in [0.4, 0.5) is 5.82 Å². The van der Waals surface area contributed by atoms with Gasteiger partial charge in [-0.15, -0.1) is 0 Å². The van der Waals surface area contributed by atoms with Crippen LogP contribution in [0.15, 0.2) is 36.5 Å². The van der Waals surface area contributed by atoms with Gasteiger partial charge >= 0.3 is 0 Å². The molecule has 2 N–H and O–H groups in total. The van der Waals surface area contributed by atoms with Crippen LogP contribution in [-0.4, -0.2) is 25.3 Å². The maximum Gasteiger partial charge on any atom is 0.131 e. The van der Waals surface area contributed by atoms with Gasteiger partial charge in [0.05, 0.1) is 11.6 Å². The summed E-state index contributed by atoms with van der Waals surface area (Å²) in [7, 11) is 1.63. The molecule has 0 fully saturated rings. The highest BCUT2D eigenvalue weighted by Crippen LogP contribution is 2.34. The summed E-state index contributed by atoms with van der Waals surface area (Å²) in [5, 5.41) is 0.538. The molecule has 2 aromatic rings. The summed E-state index contributed by atoms with van der Waals surface area (Å²) in [6, 6.07) is 9.40. The second-order valence-corrected chi connectivity index (χ2v) is 4.36. The molecule has 19 heavy (non-hydrogen) atoms. The van der Waals surface area contributed by atoms with Gasteiger partial charge in [0.1, 0.15) is 18.2 Å². The summed E-state index contributed by atoms with van der Waals surface area (Å²) in [5.74, 6) is 1.16. The zero-order chi connectivity index (χ0) is 13.7. The average molecular weight is 279 g/mol. The lowest BCUT2D eigenvalue weighted by Crippen LogP contribution is -2.05. The molecule has 1 aromatic heterocycles. The third-order valence-corrected chi connectivity index (χ3v) is 2.81. The van der Waals surface area contributed by atoms with E-state index in [2.05, 4.69) is 4.98 Å². The van der Waals surface area contributed by atoms with Crippen LogP contribution in [0.1, 0.15) is 0 Å². The van der Waals surface area contributed by atoms with Crippen molar-refractivity contribution in [2.24, 2.45) is 0 Å². The van der Waals surface area contributed by atoms with Crippen molar-refractivity contribution in [1.29, 1.82) is 0 Å². The average Bonchev–Trinajstić information content (AvgIpc) is 2.42. The topological polar surface area (TPSA) is 57.4 Å². The van der Waals surface area contributed by atoms with Gasteiger partial charge in [-0.25, -0.2) is 4.98 Å². The quantitative estimate of drug-likeness (QED) is 0.854. The summed E-state index contributed by atoms with van der Waals surface area (Å²) in [6.07, 6.45) is 1.52. The number of nitrogens with two attached hydrogens (primary N) is 1. The van der Waals surface area contributed by atoms with Crippen LogP contribution < -0.4 is 10.5 Å². The van der Waals surface area contributed by atoms with Crippen LogP contribution in [-0.2, 0) is 4.74 Å². The number of benzene rings is 1. The summed E-state index contributed by atoms with van der Waals surface area (Å²) < 4.78 is 10.6. The van der Waals surface area contributed by atoms with Crippen LogP contribution in [0.2, 0.25) is 5.02 Å². The monoisotopic (exact) mass is 278 g/mol. The van der Waals surface area contributed by atoms with E-state index in [0.29, 0.717) is 24.1 Å². The van der Waals surface area contributed by atoms with Crippen LogP contribution in [0.5, 0.6) is 5.75 Å². The molecule has 0 saturated carbocycles. The third kappa shape index (κ3) is 3.36. The summed E-state index contributed by atoms with van der Waals surface area (Å²) >= 11 is 5.97. The molecule has 0 atom stereocenters. The molecule has 1 aromatic carbocycles. The molecule has 5 heteroatoms. The Kier molecular flexibility index (Phi) is 4.60. The summed E-state index contributed by atoms with van der Waals surface area (Å²) in [4.78, 5) is 4.06. The minimum atomic E-state index is 0.423. The van der Waals surface area contributed by atoms with E-state index in [1.165, 1.54) is 6.20 Å². The Morgan fingerprint density at radius 1 is 1.21 bits per heavy atom. The lowest BCUT2D eigenvalue weighted by Gasteiger charge is -2.12. The third-order valence-electron chi connectivity index (χ3n) is 2.61. The molecular formula is C14H15ClN2O2. The normalized spacial score (nSPS) is 10.4. The van der Waals surface area contributed by atoms with Gasteiger partial charge in [0.25, 0.3) is 0 Å². The van der Waals surface area contributed by atoms with Crippen molar-refractivity contribution in [3.63, 3.8) is 0 Å². The number of nitrogens with zero attached hydrogens (tertiary/aromatic N) is 1. The molecule has 0 aliphatic rings. The Balaban J connectivity index is 2.35. The maximum absolute atomic E-state index is 5.97. The van der Waals surface area contributed by atoms with Crippen molar-refractivity contribution in [1.82, 2.24) is 4.98 Å². The zero-order valence-electron chi connectivity index (χ0n) is 10.6. The van der Waals surface area contributed by atoms with Crippen molar-refractivity contribution in [2.75, 3.05) is 26.1 Å². The van der Waals surface area contributed by atoms with Gasteiger partial charge in [0.2, 0.25) is 0 Å². The molecule has 0 bridgehead atoms. The van der Waals surface area contributed by atoms with Crippen molar-refractivity contribution in [3.05, 3.63) is 41.6 Å². The van der Waals surface area contributed by atoms with E-state index in [1.807, 2.05) is 24.3 Å². The Morgan fingerprint density at radius 2 is 2.00 bits per heavy atom. The van der Waals surface area contributed by atoms with Crippen LogP contribution in [0.25, 0.3) is 11.1 Å². The Morgan fingerprint density at radius 3 is 2.79 bits per heavy atom. The fourth-order valence-corrected chi connectivity index (χ4v) is 1.87. The number of hydrogen-bond acceptors (Lipinski definition) is 4. The van der Waals surface area contributed by atoms with Crippen molar-refractivity contribution < 1.29 is 9.47 Å². The zero-order valence-corrected chi connectivity index (χ0v) is 11.4.